The van der Waals surface area contributed by atoms with E-state index in [1.807, 2.05) is 60.9 Å². The van der Waals surface area contributed by atoms with E-state index in [0.29, 0.717) is 5.57 Å². The van der Waals surface area contributed by atoms with Gasteiger partial charge in [0.2, 0.25) is 0 Å². The first kappa shape index (κ1) is 16.4. The molecule has 0 amide bonds. The molecule has 2 aromatic rings. The highest BCUT2D eigenvalue weighted by atomic mass is 32.2. The minimum Gasteiger partial charge on any atom is -0.512 e. The third kappa shape index (κ3) is 3.60. The van der Waals surface area contributed by atoms with Crippen LogP contribution in [0.3, 0.4) is 0 Å². The Morgan fingerprint density at radius 3 is 1.95 bits per heavy atom. The standard InChI is InChI=1S/C19H20O2S/c1-13(20)18(14(2)21)19(15-7-5-4-6-8-15)16-9-11-17(22-3)12-10-16/h4-12,19-20H,1-3H3/b18-13+/t19-/m1/s1. The maximum Gasteiger partial charge on any atom is 0.160 e. The Morgan fingerprint density at radius 2 is 1.50 bits per heavy atom. The Morgan fingerprint density at radius 1 is 0.955 bits per heavy atom. The number of carbonyl (C=O) groups excluding carboxylic acids is 1. The molecule has 0 spiro atoms. The van der Waals surface area contributed by atoms with Gasteiger partial charge in [0, 0.05) is 16.4 Å². The zero-order valence-corrected chi connectivity index (χ0v) is 13.9. The first-order valence-electron chi connectivity index (χ1n) is 7.14. The molecule has 2 nitrogen and oxygen atoms in total. The fourth-order valence-electron chi connectivity index (χ4n) is 2.63. The minimum absolute atomic E-state index is 0.0790. The van der Waals surface area contributed by atoms with Crippen molar-refractivity contribution in [2.24, 2.45) is 0 Å². The summed E-state index contributed by atoms with van der Waals surface area (Å²) in [6.45, 7) is 3.07. The summed E-state index contributed by atoms with van der Waals surface area (Å²) in [5, 5.41) is 10.0. The van der Waals surface area contributed by atoms with Gasteiger partial charge in [-0.05, 0) is 43.4 Å². The summed E-state index contributed by atoms with van der Waals surface area (Å²) in [4.78, 5) is 13.2. The maximum atomic E-state index is 12.1. The van der Waals surface area contributed by atoms with Gasteiger partial charge in [-0.3, -0.25) is 4.79 Å². The molecule has 0 saturated carbocycles. The molecule has 0 aliphatic carbocycles. The number of thioether (sulfide) groups is 1. The van der Waals surface area contributed by atoms with E-state index in [1.54, 1.807) is 18.7 Å². The first-order chi connectivity index (χ1) is 10.5. The van der Waals surface area contributed by atoms with Crippen LogP contribution in [0.15, 0.2) is 70.8 Å². The van der Waals surface area contributed by atoms with Crippen LogP contribution in [-0.2, 0) is 4.79 Å². The molecule has 1 N–H and O–H groups in total. The molecule has 0 radical (unpaired) electrons. The second-order valence-electron chi connectivity index (χ2n) is 5.17. The summed E-state index contributed by atoms with van der Waals surface area (Å²) in [5.74, 6) is -0.280. The van der Waals surface area contributed by atoms with E-state index in [2.05, 4.69) is 0 Å². The van der Waals surface area contributed by atoms with Crippen LogP contribution in [-0.4, -0.2) is 17.1 Å². The summed E-state index contributed by atoms with van der Waals surface area (Å²) >= 11 is 1.68. The van der Waals surface area contributed by atoms with Crippen LogP contribution >= 0.6 is 11.8 Å². The lowest BCUT2D eigenvalue weighted by molar-refractivity contribution is -0.114. The van der Waals surface area contributed by atoms with Gasteiger partial charge in [0.15, 0.2) is 5.78 Å². The predicted molar refractivity (Wildman–Crippen MR) is 92.5 cm³/mol. The average molecular weight is 312 g/mol. The molecule has 0 bridgehead atoms. The largest absolute Gasteiger partial charge is 0.512 e. The molecule has 0 aromatic heterocycles. The molecule has 0 saturated heterocycles. The van der Waals surface area contributed by atoms with Crippen molar-refractivity contribution in [2.45, 2.75) is 24.7 Å². The molecular weight excluding hydrogens is 292 g/mol. The number of aliphatic hydroxyl groups excluding tert-OH is 1. The Balaban J connectivity index is 2.59. The van der Waals surface area contributed by atoms with Gasteiger partial charge < -0.3 is 5.11 Å². The number of ketones is 1. The Kier molecular flexibility index (Phi) is 5.45. The van der Waals surface area contributed by atoms with Crippen molar-refractivity contribution in [3.8, 4) is 0 Å². The Bertz CT molecular complexity index is 668. The molecule has 0 fully saturated rings. The zero-order chi connectivity index (χ0) is 16.1. The number of hydrogen-bond acceptors (Lipinski definition) is 3. The van der Waals surface area contributed by atoms with Crippen LogP contribution in [0, 0.1) is 0 Å². The molecule has 0 heterocycles. The molecule has 2 rings (SSSR count). The van der Waals surface area contributed by atoms with Gasteiger partial charge >= 0.3 is 0 Å². The van der Waals surface area contributed by atoms with E-state index in [1.165, 1.54) is 11.8 Å². The monoisotopic (exact) mass is 312 g/mol. The van der Waals surface area contributed by atoms with E-state index in [4.69, 9.17) is 0 Å². The molecule has 0 aliphatic rings. The van der Waals surface area contributed by atoms with Crippen molar-refractivity contribution in [3.63, 3.8) is 0 Å². The topological polar surface area (TPSA) is 37.3 Å². The fourth-order valence-corrected chi connectivity index (χ4v) is 3.04. The summed E-state index contributed by atoms with van der Waals surface area (Å²) in [6, 6.07) is 17.9. The summed E-state index contributed by atoms with van der Waals surface area (Å²) in [5.41, 5.74) is 2.45. The molecule has 3 heteroatoms. The van der Waals surface area contributed by atoms with Gasteiger partial charge in [-0.15, -0.1) is 11.8 Å². The van der Waals surface area contributed by atoms with Gasteiger partial charge in [-0.2, -0.15) is 0 Å². The summed E-state index contributed by atoms with van der Waals surface area (Å²) in [6.07, 6.45) is 2.03. The summed E-state index contributed by atoms with van der Waals surface area (Å²) < 4.78 is 0. The zero-order valence-electron chi connectivity index (χ0n) is 13.0. The molecule has 1 atom stereocenters. The van der Waals surface area contributed by atoms with Gasteiger partial charge in [0.1, 0.15) is 0 Å². The Hall–Kier alpha value is -2.00. The number of rotatable bonds is 5. The normalized spacial score (nSPS) is 13.4. The van der Waals surface area contributed by atoms with Gasteiger partial charge in [0.05, 0.1) is 5.76 Å². The second kappa shape index (κ2) is 7.32. The van der Waals surface area contributed by atoms with Crippen LogP contribution in [0.25, 0.3) is 0 Å². The van der Waals surface area contributed by atoms with Crippen molar-refractivity contribution < 1.29 is 9.90 Å². The third-order valence-electron chi connectivity index (χ3n) is 3.64. The molecule has 2 aromatic carbocycles. The number of benzene rings is 2. The predicted octanol–water partition coefficient (Wildman–Crippen LogP) is 4.96. The highest BCUT2D eigenvalue weighted by Crippen LogP contribution is 2.34. The minimum atomic E-state index is -0.250. The highest BCUT2D eigenvalue weighted by molar-refractivity contribution is 7.98. The van der Waals surface area contributed by atoms with Crippen molar-refractivity contribution in [1.29, 1.82) is 0 Å². The van der Waals surface area contributed by atoms with E-state index >= 15 is 0 Å². The van der Waals surface area contributed by atoms with Crippen LogP contribution in [0.5, 0.6) is 0 Å². The summed E-state index contributed by atoms with van der Waals surface area (Å²) in [7, 11) is 0. The number of carbonyl (C=O) groups is 1. The van der Waals surface area contributed by atoms with Gasteiger partial charge in [0.25, 0.3) is 0 Å². The third-order valence-corrected chi connectivity index (χ3v) is 4.38. The van der Waals surface area contributed by atoms with Crippen LogP contribution in [0.1, 0.15) is 30.9 Å². The van der Waals surface area contributed by atoms with E-state index in [9.17, 15) is 9.90 Å². The van der Waals surface area contributed by atoms with E-state index < -0.39 is 0 Å². The van der Waals surface area contributed by atoms with Crippen LogP contribution in [0.2, 0.25) is 0 Å². The van der Waals surface area contributed by atoms with Gasteiger partial charge in [-0.25, -0.2) is 0 Å². The molecule has 0 unspecified atom stereocenters. The second-order valence-corrected chi connectivity index (χ2v) is 6.05. The number of Topliss-reactive ketones (excluding diaryl/α,β-unsaturated/α-hetero) is 1. The van der Waals surface area contributed by atoms with Gasteiger partial charge in [-0.1, -0.05) is 42.5 Å². The number of hydrogen-bond donors (Lipinski definition) is 1. The lowest BCUT2D eigenvalue weighted by Gasteiger charge is -2.21. The molecule has 22 heavy (non-hydrogen) atoms. The highest BCUT2D eigenvalue weighted by Gasteiger charge is 2.24. The lowest BCUT2D eigenvalue weighted by Crippen LogP contribution is -2.13. The number of aliphatic hydroxyl groups is 1. The molecular formula is C19H20O2S. The van der Waals surface area contributed by atoms with Crippen LogP contribution < -0.4 is 0 Å². The molecule has 114 valence electrons. The Labute approximate surface area is 135 Å². The SMILES string of the molecule is CSc1ccc([C@H](/C(C(C)=O)=C(\C)O)c2ccccc2)cc1. The van der Waals surface area contributed by atoms with Crippen molar-refractivity contribution >= 4 is 17.5 Å². The van der Waals surface area contributed by atoms with E-state index in [-0.39, 0.29) is 17.5 Å². The quantitative estimate of drug-likeness (QED) is 0.481. The maximum absolute atomic E-state index is 12.1. The fraction of sp³-hybridized carbons (Fsp3) is 0.211. The lowest BCUT2D eigenvalue weighted by atomic mass is 9.82. The number of allylic oxidation sites excluding steroid dienone is 2. The van der Waals surface area contributed by atoms with Crippen molar-refractivity contribution in [2.75, 3.05) is 6.26 Å². The first-order valence-corrected chi connectivity index (χ1v) is 8.36. The van der Waals surface area contributed by atoms with Crippen molar-refractivity contribution in [1.82, 2.24) is 0 Å². The van der Waals surface area contributed by atoms with Crippen molar-refractivity contribution in [3.05, 3.63) is 77.1 Å². The van der Waals surface area contributed by atoms with Crippen LogP contribution in [0.4, 0.5) is 0 Å². The average Bonchev–Trinajstić information content (AvgIpc) is 2.52. The molecule has 0 aliphatic heterocycles. The smallest absolute Gasteiger partial charge is 0.160 e. The van der Waals surface area contributed by atoms with E-state index in [0.717, 1.165) is 11.1 Å².